The molecule has 0 radical (unpaired) electrons. The van der Waals surface area contributed by atoms with Gasteiger partial charge in [-0.25, -0.2) is 0 Å². The van der Waals surface area contributed by atoms with Crippen molar-refractivity contribution in [2.45, 2.75) is 19.1 Å². The molecule has 21 heavy (non-hydrogen) atoms. The molecule has 0 spiro atoms. The third-order valence-electron chi connectivity index (χ3n) is 3.09. The van der Waals surface area contributed by atoms with E-state index in [-0.39, 0.29) is 0 Å². The average molecular weight is 363 g/mol. The van der Waals surface area contributed by atoms with Gasteiger partial charge in [-0.05, 0) is 30.3 Å². The summed E-state index contributed by atoms with van der Waals surface area (Å²) in [5.74, 6) is 0. The summed E-state index contributed by atoms with van der Waals surface area (Å²) in [4.78, 5) is 0. The Kier molecular flexibility index (Phi) is 4.67. The molecular formula is C13H14BrF3N4. The van der Waals surface area contributed by atoms with Gasteiger partial charge in [0, 0.05) is 11.5 Å². The fourth-order valence-electron chi connectivity index (χ4n) is 2.08. The van der Waals surface area contributed by atoms with Crippen molar-refractivity contribution in [3.8, 4) is 0 Å². The Morgan fingerprint density at radius 1 is 1.38 bits per heavy atom. The van der Waals surface area contributed by atoms with Crippen molar-refractivity contribution in [1.82, 2.24) is 20.3 Å². The van der Waals surface area contributed by atoms with E-state index in [1.807, 2.05) is 6.92 Å². The van der Waals surface area contributed by atoms with Crippen LogP contribution in [0.25, 0.3) is 0 Å². The Balaban J connectivity index is 2.52. The van der Waals surface area contributed by atoms with Crippen LogP contribution in [0.15, 0.2) is 28.9 Å². The Bertz CT molecular complexity index is 624. The second-order valence-corrected chi connectivity index (χ2v) is 5.36. The standard InChI is InChI=1S/C13H14BrF3N4/c1-3-18-12(11-7-19-20-21(11)2)9-6-8(13(15,16)17)4-5-10(9)14/h4-7,12,18H,3H2,1-2H3. The predicted octanol–water partition coefficient (Wildman–Crippen LogP) is 3.30. The molecule has 1 atom stereocenters. The van der Waals surface area contributed by atoms with Crippen molar-refractivity contribution in [2.75, 3.05) is 6.54 Å². The fraction of sp³-hybridized carbons (Fsp3) is 0.385. The molecule has 114 valence electrons. The second kappa shape index (κ2) is 6.15. The summed E-state index contributed by atoms with van der Waals surface area (Å²) in [6.45, 7) is 2.48. The molecule has 0 aliphatic carbocycles. The largest absolute Gasteiger partial charge is 0.416 e. The predicted molar refractivity (Wildman–Crippen MR) is 75.7 cm³/mol. The Labute approximate surface area is 128 Å². The molecule has 0 aliphatic heterocycles. The quantitative estimate of drug-likeness (QED) is 0.907. The highest BCUT2D eigenvalue weighted by molar-refractivity contribution is 9.10. The van der Waals surface area contributed by atoms with Crippen LogP contribution < -0.4 is 5.32 Å². The summed E-state index contributed by atoms with van der Waals surface area (Å²) >= 11 is 3.32. The minimum Gasteiger partial charge on any atom is -0.305 e. The normalized spacial score (nSPS) is 13.4. The van der Waals surface area contributed by atoms with E-state index >= 15 is 0 Å². The van der Waals surface area contributed by atoms with E-state index in [1.54, 1.807) is 17.9 Å². The second-order valence-electron chi connectivity index (χ2n) is 4.51. The van der Waals surface area contributed by atoms with Gasteiger partial charge in [0.15, 0.2) is 0 Å². The zero-order chi connectivity index (χ0) is 15.6. The van der Waals surface area contributed by atoms with E-state index in [0.29, 0.717) is 22.3 Å². The van der Waals surface area contributed by atoms with Gasteiger partial charge in [0.1, 0.15) is 0 Å². The lowest BCUT2D eigenvalue weighted by Gasteiger charge is -2.21. The van der Waals surface area contributed by atoms with E-state index in [9.17, 15) is 13.2 Å². The van der Waals surface area contributed by atoms with Crippen LogP contribution in [0.4, 0.5) is 13.2 Å². The van der Waals surface area contributed by atoms with E-state index in [2.05, 4.69) is 31.6 Å². The van der Waals surface area contributed by atoms with Crippen LogP contribution in [-0.4, -0.2) is 21.5 Å². The number of nitrogens with one attached hydrogen (secondary N) is 1. The summed E-state index contributed by atoms with van der Waals surface area (Å²) in [5.41, 5.74) is 0.507. The first-order valence-electron chi connectivity index (χ1n) is 6.29. The van der Waals surface area contributed by atoms with Crippen LogP contribution in [-0.2, 0) is 13.2 Å². The summed E-state index contributed by atoms with van der Waals surface area (Å²) in [6, 6.07) is 3.18. The van der Waals surface area contributed by atoms with Crippen molar-refractivity contribution in [3.05, 3.63) is 45.7 Å². The lowest BCUT2D eigenvalue weighted by Crippen LogP contribution is -2.25. The highest BCUT2D eigenvalue weighted by atomic mass is 79.9. The molecule has 1 N–H and O–H groups in total. The van der Waals surface area contributed by atoms with Crippen molar-refractivity contribution in [1.29, 1.82) is 0 Å². The number of aromatic nitrogens is 3. The lowest BCUT2D eigenvalue weighted by molar-refractivity contribution is -0.137. The number of hydrogen-bond donors (Lipinski definition) is 1. The molecule has 0 fully saturated rings. The monoisotopic (exact) mass is 362 g/mol. The molecule has 1 aromatic heterocycles. The third kappa shape index (κ3) is 3.44. The molecule has 2 rings (SSSR count). The topological polar surface area (TPSA) is 42.7 Å². The van der Waals surface area contributed by atoms with E-state index < -0.39 is 17.8 Å². The maximum absolute atomic E-state index is 12.9. The van der Waals surface area contributed by atoms with Crippen LogP contribution in [0.5, 0.6) is 0 Å². The van der Waals surface area contributed by atoms with Crippen LogP contribution >= 0.6 is 15.9 Å². The molecule has 0 saturated carbocycles. The maximum Gasteiger partial charge on any atom is 0.416 e. The van der Waals surface area contributed by atoms with Gasteiger partial charge < -0.3 is 5.32 Å². The third-order valence-corrected chi connectivity index (χ3v) is 3.81. The van der Waals surface area contributed by atoms with Crippen molar-refractivity contribution in [3.63, 3.8) is 0 Å². The molecule has 0 aliphatic rings. The Hall–Kier alpha value is -1.41. The van der Waals surface area contributed by atoms with Crippen molar-refractivity contribution >= 4 is 15.9 Å². The van der Waals surface area contributed by atoms with Crippen LogP contribution in [0.2, 0.25) is 0 Å². The zero-order valence-electron chi connectivity index (χ0n) is 11.4. The van der Waals surface area contributed by atoms with Crippen LogP contribution in [0.1, 0.15) is 29.8 Å². The fourth-order valence-corrected chi connectivity index (χ4v) is 2.55. The first kappa shape index (κ1) is 16.0. The minimum atomic E-state index is -4.38. The molecule has 2 aromatic rings. The molecular weight excluding hydrogens is 349 g/mol. The zero-order valence-corrected chi connectivity index (χ0v) is 13.0. The van der Waals surface area contributed by atoms with Gasteiger partial charge in [0.05, 0.1) is 23.5 Å². The number of nitrogens with zero attached hydrogens (tertiary/aromatic N) is 3. The summed E-state index contributed by atoms with van der Waals surface area (Å²) < 4.78 is 40.9. The van der Waals surface area contributed by atoms with Gasteiger partial charge in [0.25, 0.3) is 0 Å². The van der Waals surface area contributed by atoms with Gasteiger partial charge in [-0.15, -0.1) is 5.10 Å². The molecule has 0 amide bonds. The summed E-state index contributed by atoms with van der Waals surface area (Å²) in [6.07, 6.45) is -2.84. The van der Waals surface area contributed by atoms with Gasteiger partial charge >= 0.3 is 6.18 Å². The molecule has 8 heteroatoms. The van der Waals surface area contributed by atoms with Gasteiger partial charge in [-0.3, -0.25) is 4.68 Å². The van der Waals surface area contributed by atoms with E-state index in [1.165, 1.54) is 6.07 Å². The number of hydrogen-bond acceptors (Lipinski definition) is 3. The average Bonchev–Trinajstić information content (AvgIpc) is 2.82. The highest BCUT2D eigenvalue weighted by Crippen LogP contribution is 2.35. The SMILES string of the molecule is CCNC(c1cc(C(F)(F)F)ccc1Br)c1cnnn1C. The van der Waals surface area contributed by atoms with Crippen molar-refractivity contribution in [2.24, 2.45) is 7.05 Å². The van der Waals surface area contributed by atoms with Gasteiger partial charge in [-0.2, -0.15) is 13.2 Å². The number of alkyl halides is 3. The molecule has 1 unspecified atom stereocenters. The lowest BCUT2D eigenvalue weighted by atomic mass is 10.0. The van der Waals surface area contributed by atoms with Crippen LogP contribution in [0.3, 0.4) is 0 Å². The maximum atomic E-state index is 12.9. The number of aryl methyl sites for hydroxylation is 1. The summed E-state index contributed by atoms with van der Waals surface area (Å²) in [5, 5.41) is 10.8. The molecule has 0 bridgehead atoms. The number of halogens is 4. The first-order chi connectivity index (χ1) is 9.84. The van der Waals surface area contributed by atoms with Gasteiger partial charge in [-0.1, -0.05) is 28.1 Å². The minimum absolute atomic E-state index is 0.424. The molecule has 4 nitrogen and oxygen atoms in total. The first-order valence-corrected chi connectivity index (χ1v) is 7.08. The van der Waals surface area contributed by atoms with E-state index in [0.717, 1.165) is 12.1 Å². The highest BCUT2D eigenvalue weighted by Gasteiger charge is 2.32. The summed E-state index contributed by atoms with van der Waals surface area (Å²) in [7, 11) is 1.70. The molecule has 1 aromatic carbocycles. The molecule has 1 heterocycles. The molecule has 0 saturated heterocycles. The van der Waals surface area contributed by atoms with Crippen LogP contribution in [0, 0.1) is 0 Å². The smallest absolute Gasteiger partial charge is 0.305 e. The Morgan fingerprint density at radius 3 is 2.62 bits per heavy atom. The van der Waals surface area contributed by atoms with E-state index in [4.69, 9.17) is 0 Å². The van der Waals surface area contributed by atoms with Crippen molar-refractivity contribution < 1.29 is 13.2 Å². The van der Waals surface area contributed by atoms with Gasteiger partial charge in [0.2, 0.25) is 0 Å². The number of rotatable bonds is 4. The number of benzene rings is 1. The Morgan fingerprint density at radius 2 is 2.10 bits per heavy atom.